The van der Waals surface area contributed by atoms with Gasteiger partial charge in [0.05, 0.1) is 20.8 Å². The molecule has 1 amide bonds. The SMILES string of the molecule is CCc1ccc2c(c1)C(C)(C)C1(C=Cc3cc(OC)ccc3OC)NC(=O)CN21. The first-order valence-corrected chi connectivity index (χ1v) is 9.99. The number of rotatable bonds is 5. The van der Waals surface area contributed by atoms with E-state index in [-0.39, 0.29) is 11.3 Å². The van der Waals surface area contributed by atoms with Gasteiger partial charge in [0.2, 0.25) is 5.91 Å². The number of hydrogen-bond donors (Lipinski definition) is 1. The Morgan fingerprint density at radius 3 is 2.62 bits per heavy atom. The molecule has 2 aromatic rings. The summed E-state index contributed by atoms with van der Waals surface area (Å²) in [6.07, 6.45) is 5.11. The number of nitrogens with zero attached hydrogens (tertiary/aromatic N) is 1. The van der Waals surface area contributed by atoms with Gasteiger partial charge >= 0.3 is 0 Å². The molecular weight excluding hydrogens is 364 g/mol. The van der Waals surface area contributed by atoms with Crippen LogP contribution < -0.4 is 19.7 Å². The zero-order valence-electron chi connectivity index (χ0n) is 17.7. The van der Waals surface area contributed by atoms with Crippen LogP contribution in [0.15, 0.2) is 42.5 Å². The maximum atomic E-state index is 12.5. The molecule has 1 fully saturated rings. The molecule has 0 aromatic heterocycles. The second-order valence-electron chi connectivity index (χ2n) is 8.17. The van der Waals surface area contributed by atoms with Gasteiger partial charge in [-0.05, 0) is 47.9 Å². The van der Waals surface area contributed by atoms with E-state index in [4.69, 9.17) is 9.47 Å². The van der Waals surface area contributed by atoms with E-state index in [0.29, 0.717) is 6.54 Å². The summed E-state index contributed by atoms with van der Waals surface area (Å²) in [6.45, 7) is 6.91. The lowest BCUT2D eigenvalue weighted by Gasteiger charge is -2.40. The molecule has 1 saturated heterocycles. The maximum absolute atomic E-state index is 12.5. The zero-order chi connectivity index (χ0) is 20.8. The number of ether oxygens (including phenoxy) is 2. The first-order valence-electron chi connectivity index (χ1n) is 9.99. The molecule has 0 spiro atoms. The molecule has 29 heavy (non-hydrogen) atoms. The van der Waals surface area contributed by atoms with Crippen molar-refractivity contribution in [3.8, 4) is 11.5 Å². The van der Waals surface area contributed by atoms with Gasteiger partial charge in [-0.25, -0.2) is 0 Å². The van der Waals surface area contributed by atoms with Crippen molar-refractivity contribution in [3.63, 3.8) is 0 Å². The first kappa shape index (κ1) is 19.4. The molecule has 1 atom stereocenters. The van der Waals surface area contributed by atoms with Gasteiger partial charge in [-0.3, -0.25) is 4.79 Å². The van der Waals surface area contributed by atoms with Crippen LogP contribution in [0.3, 0.4) is 0 Å². The molecule has 5 heteroatoms. The largest absolute Gasteiger partial charge is 0.497 e. The topological polar surface area (TPSA) is 50.8 Å². The zero-order valence-corrected chi connectivity index (χ0v) is 17.7. The Kier molecular flexibility index (Phi) is 4.56. The van der Waals surface area contributed by atoms with E-state index in [2.05, 4.69) is 55.3 Å². The fourth-order valence-electron chi connectivity index (χ4n) is 4.62. The van der Waals surface area contributed by atoms with E-state index in [0.717, 1.165) is 29.2 Å². The van der Waals surface area contributed by atoms with Crippen LogP contribution in [-0.4, -0.2) is 32.3 Å². The van der Waals surface area contributed by atoms with Crippen LogP contribution in [0.25, 0.3) is 6.08 Å². The number of hydrogen-bond acceptors (Lipinski definition) is 4. The third kappa shape index (κ3) is 2.79. The summed E-state index contributed by atoms with van der Waals surface area (Å²) in [6, 6.07) is 12.3. The lowest BCUT2D eigenvalue weighted by atomic mass is 9.75. The van der Waals surface area contributed by atoms with E-state index in [1.54, 1.807) is 14.2 Å². The third-order valence-electron chi connectivity index (χ3n) is 6.38. The highest BCUT2D eigenvalue weighted by Crippen LogP contribution is 2.53. The number of nitrogens with one attached hydrogen (secondary N) is 1. The number of fused-ring (bicyclic) bond motifs is 3. The average molecular weight is 392 g/mol. The number of methoxy groups -OCH3 is 2. The Hall–Kier alpha value is -2.95. The molecule has 2 aromatic carbocycles. The predicted molar refractivity (Wildman–Crippen MR) is 116 cm³/mol. The van der Waals surface area contributed by atoms with Crippen molar-refractivity contribution >= 4 is 17.7 Å². The molecule has 2 heterocycles. The maximum Gasteiger partial charge on any atom is 0.241 e. The van der Waals surface area contributed by atoms with E-state index < -0.39 is 5.66 Å². The molecule has 4 rings (SSSR count). The van der Waals surface area contributed by atoms with Crippen molar-refractivity contribution in [2.45, 2.75) is 38.3 Å². The predicted octanol–water partition coefficient (Wildman–Crippen LogP) is 3.90. The van der Waals surface area contributed by atoms with Crippen molar-refractivity contribution in [2.24, 2.45) is 0 Å². The molecule has 1 unspecified atom stereocenters. The number of benzene rings is 2. The number of aryl methyl sites for hydroxylation is 1. The standard InChI is InChI=1S/C24H28N2O3/c1-6-16-7-9-20-19(13-16)23(2,3)24(25-22(27)15-26(20)24)12-11-17-14-18(28-4)8-10-21(17)29-5/h7-14H,6,15H2,1-5H3,(H,25,27). The number of anilines is 1. The van der Waals surface area contributed by atoms with E-state index >= 15 is 0 Å². The van der Waals surface area contributed by atoms with E-state index in [1.165, 1.54) is 11.1 Å². The van der Waals surface area contributed by atoms with Crippen LogP contribution in [-0.2, 0) is 16.6 Å². The lowest BCUT2D eigenvalue weighted by Crippen LogP contribution is -2.58. The van der Waals surface area contributed by atoms with E-state index in [1.807, 2.05) is 24.3 Å². The summed E-state index contributed by atoms with van der Waals surface area (Å²) < 4.78 is 10.9. The molecule has 2 aliphatic heterocycles. The van der Waals surface area contributed by atoms with Crippen molar-refractivity contribution < 1.29 is 14.3 Å². The van der Waals surface area contributed by atoms with Gasteiger partial charge in [0.25, 0.3) is 0 Å². The van der Waals surface area contributed by atoms with Crippen molar-refractivity contribution in [2.75, 3.05) is 25.7 Å². The fraction of sp³-hybridized carbons (Fsp3) is 0.375. The number of carbonyl (C=O) groups excluding carboxylic acids is 1. The highest BCUT2D eigenvalue weighted by Gasteiger charge is 2.59. The summed E-state index contributed by atoms with van der Waals surface area (Å²) in [4.78, 5) is 14.7. The highest BCUT2D eigenvalue weighted by atomic mass is 16.5. The molecule has 2 aliphatic rings. The van der Waals surface area contributed by atoms with Gasteiger partial charge in [-0.2, -0.15) is 0 Å². The molecular formula is C24H28N2O3. The molecule has 1 N–H and O–H groups in total. The Morgan fingerprint density at radius 2 is 1.93 bits per heavy atom. The average Bonchev–Trinajstić information content (AvgIpc) is 3.16. The smallest absolute Gasteiger partial charge is 0.241 e. The summed E-state index contributed by atoms with van der Waals surface area (Å²) in [5, 5.41) is 3.27. The van der Waals surface area contributed by atoms with Crippen LogP contribution in [0.1, 0.15) is 37.5 Å². The highest BCUT2D eigenvalue weighted by molar-refractivity contribution is 5.91. The fourth-order valence-corrected chi connectivity index (χ4v) is 4.62. The quantitative estimate of drug-likeness (QED) is 0.838. The number of amides is 1. The third-order valence-corrected chi connectivity index (χ3v) is 6.38. The minimum absolute atomic E-state index is 0.0329. The molecule has 0 saturated carbocycles. The molecule has 0 bridgehead atoms. The van der Waals surface area contributed by atoms with E-state index in [9.17, 15) is 4.79 Å². The molecule has 5 nitrogen and oxygen atoms in total. The Bertz CT molecular complexity index is 996. The monoisotopic (exact) mass is 392 g/mol. The van der Waals surface area contributed by atoms with Gasteiger partial charge < -0.3 is 19.7 Å². The lowest BCUT2D eigenvalue weighted by molar-refractivity contribution is -0.118. The van der Waals surface area contributed by atoms with Gasteiger partial charge in [0.1, 0.15) is 17.2 Å². The van der Waals surface area contributed by atoms with Gasteiger partial charge in [-0.15, -0.1) is 0 Å². The summed E-state index contributed by atoms with van der Waals surface area (Å²) >= 11 is 0. The van der Waals surface area contributed by atoms with Crippen LogP contribution in [0.5, 0.6) is 11.5 Å². The van der Waals surface area contributed by atoms with Crippen LogP contribution in [0.2, 0.25) is 0 Å². The minimum Gasteiger partial charge on any atom is -0.497 e. The Morgan fingerprint density at radius 1 is 1.14 bits per heavy atom. The van der Waals surface area contributed by atoms with Crippen molar-refractivity contribution in [1.29, 1.82) is 0 Å². The summed E-state index contributed by atoms with van der Waals surface area (Å²) in [5.41, 5.74) is 3.66. The Labute approximate surface area is 172 Å². The molecule has 152 valence electrons. The normalized spacial score (nSPS) is 21.8. The van der Waals surface area contributed by atoms with Crippen molar-refractivity contribution in [3.05, 3.63) is 59.2 Å². The first-order chi connectivity index (χ1) is 13.9. The summed E-state index contributed by atoms with van der Waals surface area (Å²) in [7, 11) is 3.30. The minimum atomic E-state index is -0.632. The van der Waals surface area contributed by atoms with Crippen LogP contribution in [0, 0.1) is 0 Å². The second kappa shape index (κ2) is 6.83. The van der Waals surface area contributed by atoms with Gasteiger partial charge in [-0.1, -0.05) is 39.0 Å². The molecule has 0 radical (unpaired) electrons. The second-order valence-corrected chi connectivity index (χ2v) is 8.17. The van der Waals surface area contributed by atoms with Crippen LogP contribution >= 0.6 is 0 Å². The van der Waals surface area contributed by atoms with Gasteiger partial charge in [0, 0.05) is 16.7 Å². The number of carbonyl (C=O) groups is 1. The molecule has 0 aliphatic carbocycles. The Balaban J connectivity index is 1.83. The summed E-state index contributed by atoms with van der Waals surface area (Å²) in [5.74, 6) is 1.55. The van der Waals surface area contributed by atoms with Crippen molar-refractivity contribution in [1.82, 2.24) is 5.32 Å². The van der Waals surface area contributed by atoms with Gasteiger partial charge in [0.15, 0.2) is 0 Å². The van der Waals surface area contributed by atoms with Crippen LogP contribution in [0.4, 0.5) is 5.69 Å².